The number of carbonyl (C=O) groups is 1. The van der Waals surface area contributed by atoms with Crippen LogP contribution in [-0.2, 0) is 4.79 Å². The molecule has 1 saturated heterocycles. The van der Waals surface area contributed by atoms with Crippen LogP contribution in [0.25, 0.3) is 0 Å². The van der Waals surface area contributed by atoms with E-state index in [1.165, 1.54) is 0 Å². The van der Waals surface area contributed by atoms with E-state index in [1.807, 2.05) is 6.07 Å². The number of nitrogens with one attached hydrogen (secondary N) is 1. The molecular weight excluding hydrogens is 206 g/mol. The van der Waals surface area contributed by atoms with Crippen LogP contribution in [0.3, 0.4) is 0 Å². The summed E-state index contributed by atoms with van der Waals surface area (Å²) in [6, 6.07) is 1.88. The van der Waals surface area contributed by atoms with Crippen LogP contribution >= 0.6 is 0 Å². The van der Waals surface area contributed by atoms with Gasteiger partial charge in [-0.25, -0.2) is 0 Å². The van der Waals surface area contributed by atoms with Gasteiger partial charge in [0.05, 0.1) is 18.7 Å². The van der Waals surface area contributed by atoms with E-state index in [2.05, 4.69) is 10.2 Å². The Balaban J connectivity index is 1.77. The molecule has 0 bridgehead atoms. The van der Waals surface area contributed by atoms with Crippen molar-refractivity contribution in [3.8, 4) is 6.07 Å². The first kappa shape index (κ1) is 11.4. The SMILES string of the molecule is N#CCNC(=O)CN1CC2CCC(O)C2C1. The van der Waals surface area contributed by atoms with Crippen molar-refractivity contribution >= 4 is 5.91 Å². The van der Waals surface area contributed by atoms with Crippen molar-refractivity contribution in [2.45, 2.75) is 18.9 Å². The Bertz CT molecular complexity index is 313. The predicted octanol–water partition coefficient (Wildman–Crippen LogP) is -0.671. The summed E-state index contributed by atoms with van der Waals surface area (Å²) >= 11 is 0. The Morgan fingerprint density at radius 2 is 2.31 bits per heavy atom. The van der Waals surface area contributed by atoms with Gasteiger partial charge in [0.2, 0.25) is 5.91 Å². The van der Waals surface area contributed by atoms with Crippen LogP contribution < -0.4 is 5.32 Å². The first-order valence-electron chi connectivity index (χ1n) is 5.74. The number of nitrogens with zero attached hydrogens (tertiary/aromatic N) is 2. The molecule has 3 atom stereocenters. The van der Waals surface area contributed by atoms with Crippen molar-refractivity contribution in [3.63, 3.8) is 0 Å². The van der Waals surface area contributed by atoms with Gasteiger partial charge in [0, 0.05) is 19.0 Å². The molecule has 5 nitrogen and oxygen atoms in total. The summed E-state index contributed by atoms with van der Waals surface area (Å²) < 4.78 is 0. The lowest BCUT2D eigenvalue weighted by atomic mass is 10.00. The fourth-order valence-corrected chi connectivity index (χ4v) is 2.86. The average Bonchev–Trinajstić information content (AvgIpc) is 2.78. The molecule has 16 heavy (non-hydrogen) atoms. The molecule has 2 fully saturated rings. The fraction of sp³-hybridized carbons (Fsp3) is 0.818. The average molecular weight is 223 g/mol. The van der Waals surface area contributed by atoms with Crippen molar-refractivity contribution in [3.05, 3.63) is 0 Å². The van der Waals surface area contributed by atoms with Gasteiger partial charge in [-0.2, -0.15) is 5.26 Å². The zero-order chi connectivity index (χ0) is 11.5. The molecule has 1 aliphatic heterocycles. The van der Waals surface area contributed by atoms with E-state index in [4.69, 9.17) is 5.26 Å². The Hall–Kier alpha value is -1.12. The van der Waals surface area contributed by atoms with Crippen molar-refractivity contribution in [2.75, 3.05) is 26.2 Å². The minimum atomic E-state index is -0.183. The molecule has 3 unspecified atom stereocenters. The highest BCUT2D eigenvalue weighted by Gasteiger charge is 2.41. The summed E-state index contributed by atoms with van der Waals surface area (Å²) in [5.74, 6) is 0.804. The molecule has 0 spiro atoms. The summed E-state index contributed by atoms with van der Waals surface area (Å²) in [4.78, 5) is 13.5. The van der Waals surface area contributed by atoms with Crippen LogP contribution in [0.15, 0.2) is 0 Å². The Kier molecular flexibility index (Phi) is 3.42. The molecule has 1 amide bonds. The standard InChI is InChI=1S/C11H17N3O2/c12-3-4-13-11(16)7-14-5-8-1-2-10(15)9(8)6-14/h8-10,15H,1-2,4-7H2,(H,13,16). The quantitative estimate of drug-likeness (QED) is 0.622. The minimum absolute atomic E-state index is 0.0716. The second kappa shape index (κ2) is 4.81. The lowest BCUT2D eigenvalue weighted by Crippen LogP contribution is -2.37. The van der Waals surface area contributed by atoms with E-state index < -0.39 is 0 Å². The maximum absolute atomic E-state index is 11.4. The van der Waals surface area contributed by atoms with Crippen LogP contribution in [0.4, 0.5) is 0 Å². The van der Waals surface area contributed by atoms with Gasteiger partial charge < -0.3 is 10.4 Å². The van der Waals surface area contributed by atoms with Crippen LogP contribution in [0.1, 0.15) is 12.8 Å². The van der Waals surface area contributed by atoms with Gasteiger partial charge in [-0.1, -0.05) is 0 Å². The summed E-state index contributed by atoms with van der Waals surface area (Å²) in [6.45, 7) is 2.14. The number of fused-ring (bicyclic) bond motifs is 1. The van der Waals surface area contributed by atoms with E-state index >= 15 is 0 Å². The summed E-state index contributed by atoms with van der Waals surface area (Å²) in [5.41, 5.74) is 0. The zero-order valence-corrected chi connectivity index (χ0v) is 9.22. The molecule has 0 aromatic rings. The third-order valence-electron chi connectivity index (χ3n) is 3.63. The smallest absolute Gasteiger partial charge is 0.235 e. The lowest BCUT2D eigenvalue weighted by Gasteiger charge is -2.16. The summed E-state index contributed by atoms with van der Waals surface area (Å²) in [5, 5.41) is 20.6. The van der Waals surface area contributed by atoms with Gasteiger partial charge in [-0.15, -0.1) is 0 Å². The van der Waals surface area contributed by atoms with E-state index in [1.54, 1.807) is 0 Å². The maximum atomic E-state index is 11.4. The Morgan fingerprint density at radius 3 is 3.00 bits per heavy atom. The molecule has 0 radical (unpaired) electrons. The number of hydrogen-bond acceptors (Lipinski definition) is 4. The van der Waals surface area contributed by atoms with Crippen LogP contribution in [-0.4, -0.2) is 48.2 Å². The number of nitriles is 1. The summed E-state index contributed by atoms with van der Waals surface area (Å²) in [7, 11) is 0. The van der Waals surface area contributed by atoms with Gasteiger partial charge in [-0.05, 0) is 18.8 Å². The lowest BCUT2D eigenvalue weighted by molar-refractivity contribution is -0.121. The highest BCUT2D eigenvalue weighted by atomic mass is 16.3. The van der Waals surface area contributed by atoms with Gasteiger partial charge in [0.15, 0.2) is 0 Å². The summed E-state index contributed by atoms with van der Waals surface area (Å²) in [6.07, 6.45) is 1.79. The largest absolute Gasteiger partial charge is 0.393 e. The predicted molar refractivity (Wildman–Crippen MR) is 57.3 cm³/mol. The van der Waals surface area contributed by atoms with Crippen LogP contribution in [0.2, 0.25) is 0 Å². The third-order valence-corrected chi connectivity index (χ3v) is 3.63. The van der Waals surface area contributed by atoms with Gasteiger partial charge >= 0.3 is 0 Å². The normalized spacial score (nSPS) is 33.4. The van der Waals surface area contributed by atoms with E-state index in [-0.39, 0.29) is 18.6 Å². The molecule has 0 aromatic heterocycles. The maximum Gasteiger partial charge on any atom is 0.235 e. The van der Waals surface area contributed by atoms with E-state index in [0.29, 0.717) is 18.4 Å². The number of aliphatic hydroxyl groups excluding tert-OH is 1. The Labute approximate surface area is 95.0 Å². The first-order valence-corrected chi connectivity index (χ1v) is 5.74. The van der Waals surface area contributed by atoms with Crippen molar-refractivity contribution < 1.29 is 9.90 Å². The molecule has 5 heteroatoms. The number of carbonyl (C=O) groups excluding carboxylic acids is 1. The highest BCUT2D eigenvalue weighted by Crippen LogP contribution is 2.37. The molecule has 0 aromatic carbocycles. The van der Waals surface area contributed by atoms with Gasteiger partial charge in [-0.3, -0.25) is 9.69 Å². The van der Waals surface area contributed by atoms with Gasteiger partial charge in [0.1, 0.15) is 6.54 Å². The topological polar surface area (TPSA) is 76.4 Å². The second-order valence-corrected chi connectivity index (χ2v) is 4.70. The third kappa shape index (κ3) is 2.34. The van der Waals surface area contributed by atoms with Crippen LogP contribution in [0, 0.1) is 23.2 Å². The van der Waals surface area contributed by atoms with E-state index in [0.717, 1.165) is 25.9 Å². The van der Waals surface area contributed by atoms with Crippen molar-refractivity contribution in [2.24, 2.45) is 11.8 Å². The molecule has 2 rings (SSSR count). The molecule has 1 aliphatic carbocycles. The van der Waals surface area contributed by atoms with Crippen molar-refractivity contribution in [1.29, 1.82) is 5.26 Å². The number of aliphatic hydroxyl groups is 1. The highest BCUT2D eigenvalue weighted by molar-refractivity contribution is 5.78. The number of amides is 1. The molecule has 2 N–H and O–H groups in total. The molecular formula is C11H17N3O2. The molecule has 1 heterocycles. The molecule has 88 valence electrons. The van der Waals surface area contributed by atoms with Gasteiger partial charge in [0.25, 0.3) is 0 Å². The monoisotopic (exact) mass is 223 g/mol. The first-order chi connectivity index (χ1) is 7.70. The van der Waals surface area contributed by atoms with Crippen molar-refractivity contribution in [1.82, 2.24) is 10.2 Å². The molecule has 2 aliphatic rings. The number of rotatable bonds is 3. The second-order valence-electron chi connectivity index (χ2n) is 4.70. The number of likely N-dealkylation sites (tertiary alicyclic amines) is 1. The van der Waals surface area contributed by atoms with Crippen LogP contribution in [0.5, 0.6) is 0 Å². The minimum Gasteiger partial charge on any atom is -0.393 e. The fourth-order valence-electron chi connectivity index (χ4n) is 2.86. The Morgan fingerprint density at radius 1 is 1.50 bits per heavy atom. The number of hydrogen-bond donors (Lipinski definition) is 2. The van der Waals surface area contributed by atoms with E-state index in [9.17, 15) is 9.90 Å². The molecule has 1 saturated carbocycles. The zero-order valence-electron chi connectivity index (χ0n) is 9.22.